The Kier molecular flexibility index (Phi) is 4.46. The second kappa shape index (κ2) is 6.10. The number of nitro benzene ring substituents is 1. The van der Waals surface area contributed by atoms with Crippen LogP contribution in [-0.4, -0.2) is 36.8 Å². The largest absolute Gasteiger partial charge is 0.482 e. The van der Waals surface area contributed by atoms with Crippen molar-refractivity contribution in [1.29, 1.82) is 0 Å². The number of hydrogen-bond donors (Lipinski definition) is 1. The van der Waals surface area contributed by atoms with Gasteiger partial charge in [-0.15, -0.1) is 0 Å². The summed E-state index contributed by atoms with van der Waals surface area (Å²) in [6.45, 7) is 2.92. The summed E-state index contributed by atoms with van der Waals surface area (Å²) >= 11 is 0. The zero-order valence-corrected chi connectivity index (χ0v) is 10.8. The molecular formula is C12H14F2N2O4. The van der Waals surface area contributed by atoms with Gasteiger partial charge in [-0.2, -0.15) is 4.39 Å². The molecule has 110 valence electrons. The summed E-state index contributed by atoms with van der Waals surface area (Å²) in [6.07, 6.45) is -0.411. The molecule has 8 heteroatoms. The first-order valence-electron chi connectivity index (χ1n) is 6.10. The average Bonchev–Trinajstić information content (AvgIpc) is 2.40. The lowest BCUT2D eigenvalue weighted by molar-refractivity contribution is -0.386. The number of halogens is 2. The molecular weight excluding hydrogens is 274 g/mol. The summed E-state index contributed by atoms with van der Waals surface area (Å²) in [7, 11) is 0. The van der Waals surface area contributed by atoms with Crippen molar-refractivity contribution < 1.29 is 23.2 Å². The van der Waals surface area contributed by atoms with Gasteiger partial charge in [0.25, 0.3) is 0 Å². The highest BCUT2D eigenvalue weighted by molar-refractivity contribution is 5.47. The van der Waals surface area contributed by atoms with Crippen LogP contribution in [0.25, 0.3) is 0 Å². The van der Waals surface area contributed by atoms with Gasteiger partial charge in [0.2, 0.25) is 11.6 Å². The number of hydrogen-bond acceptors (Lipinski definition) is 5. The number of rotatable bonds is 4. The van der Waals surface area contributed by atoms with Gasteiger partial charge in [0.05, 0.1) is 11.0 Å². The van der Waals surface area contributed by atoms with Gasteiger partial charge in [-0.1, -0.05) is 0 Å². The fraction of sp³-hybridized carbons (Fsp3) is 0.500. The summed E-state index contributed by atoms with van der Waals surface area (Å²) in [4.78, 5) is 9.96. The summed E-state index contributed by atoms with van der Waals surface area (Å²) in [5.74, 6) is -3.26. The Balaban J connectivity index is 2.12. The molecule has 6 nitrogen and oxygen atoms in total. The molecule has 0 amide bonds. The second-order valence-electron chi connectivity index (χ2n) is 4.50. The van der Waals surface area contributed by atoms with Crippen LogP contribution in [0.5, 0.6) is 5.75 Å². The molecule has 2 rings (SSSR count). The molecule has 1 heterocycles. The van der Waals surface area contributed by atoms with E-state index in [0.717, 1.165) is 6.07 Å². The lowest BCUT2D eigenvalue weighted by Gasteiger charge is -2.28. The van der Waals surface area contributed by atoms with Crippen molar-refractivity contribution in [3.05, 3.63) is 33.9 Å². The molecule has 1 aliphatic rings. The topological polar surface area (TPSA) is 73.6 Å². The Hall–Kier alpha value is -1.80. The van der Waals surface area contributed by atoms with E-state index in [4.69, 9.17) is 9.47 Å². The Labute approximate surface area is 113 Å². The molecule has 0 aromatic heterocycles. The molecule has 0 radical (unpaired) electrons. The Bertz CT molecular complexity index is 512. The third kappa shape index (κ3) is 3.20. The number of morpholine rings is 1. The Morgan fingerprint density at radius 2 is 2.25 bits per heavy atom. The summed E-state index contributed by atoms with van der Waals surface area (Å²) in [5, 5.41) is 13.9. The summed E-state index contributed by atoms with van der Waals surface area (Å²) in [5.41, 5.74) is -0.610. The van der Waals surface area contributed by atoms with E-state index in [2.05, 4.69) is 5.32 Å². The standard InChI is InChI=1S/C12H14F2N2O4/c1-7-4-15-5-8(20-7)6-19-12-10(16(17)18)3-2-9(13)11(12)14/h2-3,7-8,15H,4-6H2,1H3. The molecule has 0 aliphatic carbocycles. The average molecular weight is 288 g/mol. The van der Waals surface area contributed by atoms with Crippen molar-refractivity contribution in [2.45, 2.75) is 19.1 Å². The molecule has 1 aliphatic heterocycles. The molecule has 1 N–H and O–H groups in total. The molecule has 2 atom stereocenters. The maximum absolute atomic E-state index is 13.6. The predicted octanol–water partition coefficient (Wildman–Crippen LogP) is 1.63. The van der Waals surface area contributed by atoms with Crippen LogP contribution in [0.4, 0.5) is 14.5 Å². The summed E-state index contributed by atoms with van der Waals surface area (Å²) < 4.78 is 37.3. The van der Waals surface area contributed by atoms with Crippen molar-refractivity contribution in [3.8, 4) is 5.75 Å². The first-order chi connectivity index (χ1) is 9.49. The molecule has 0 spiro atoms. The zero-order chi connectivity index (χ0) is 14.7. The Morgan fingerprint density at radius 1 is 1.50 bits per heavy atom. The molecule has 20 heavy (non-hydrogen) atoms. The first-order valence-corrected chi connectivity index (χ1v) is 6.10. The maximum atomic E-state index is 13.6. The minimum atomic E-state index is -1.36. The molecule has 2 unspecified atom stereocenters. The number of ether oxygens (including phenoxy) is 2. The smallest absolute Gasteiger partial charge is 0.314 e. The minimum Gasteiger partial charge on any atom is -0.482 e. The van der Waals surface area contributed by atoms with E-state index in [1.807, 2.05) is 6.92 Å². The van der Waals surface area contributed by atoms with E-state index < -0.39 is 28.0 Å². The van der Waals surface area contributed by atoms with Gasteiger partial charge in [0.15, 0.2) is 5.82 Å². The van der Waals surface area contributed by atoms with E-state index in [1.165, 1.54) is 0 Å². The third-order valence-corrected chi connectivity index (χ3v) is 2.87. The van der Waals surface area contributed by atoms with Gasteiger partial charge in [-0.25, -0.2) is 4.39 Å². The van der Waals surface area contributed by atoms with E-state index in [1.54, 1.807) is 0 Å². The van der Waals surface area contributed by atoms with Gasteiger partial charge in [0, 0.05) is 19.2 Å². The lowest BCUT2D eigenvalue weighted by Crippen LogP contribution is -2.45. The van der Waals surface area contributed by atoms with Crippen LogP contribution in [0.2, 0.25) is 0 Å². The number of nitrogens with zero attached hydrogens (tertiary/aromatic N) is 1. The fourth-order valence-corrected chi connectivity index (χ4v) is 1.95. The predicted molar refractivity (Wildman–Crippen MR) is 65.7 cm³/mol. The quantitative estimate of drug-likeness (QED) is 0.673. The van der Waals surface area contributed by atoms with Gasteiger partial charge < -0.3 is 14.8 Å². The minimum absolute atomic E-state index is 0.0373. The highest BCUT2D eigenvalue weighted by Gasteiger charge is 2.26. The van der Waals surface area contributed by atoms with Crippen molar-refractivity contribution in [2.24, 2.45) is 0 Å². The van der Waals surface area contributed by atoms with Crippen molar-refractivity contribution in [1.82, 2.24) is 5.32 Å². The maximum Gasteiger partial charge on any atom is 0.314 e. The van der Waals surface area contributed by atoms with E-state index in [9.17, 15) is 18.9 Å². The molecule has 1 fully saturated rings. The third-order valence-electron chi connectivity index (χ3n) is 2.87. The van der Waals surface area contributed by atoms with Crippen LogP contribution >= 0.6 is 0 Å². The number of nitrogens with one attached hydrogen (secondary N) is 1. The SMILES string of the molecule is CC1CNCC(COc2c([N+](=O)[O-])ccc(F)c2F)O1. The van der Waals surface area contributed by atoms with Gasteiger partial charge in [-0.3, -0.25) is 10.1 Å². The molecule has 0 bridgehead atoms. The van der Waals surface area contributed by atoms with Gasteiger partial charge in [-0.05, 0) is 13.0 Å². The van der Waals surface area contributed by atoms with E-state index in [0.29, 0.717) is 19.2 Å². The molecule has 1 saturated heterocycles. The van der Waals surface area contributed by atoms with Crippen LogP contribution in [0.1, 0.15) is 6.92 Å². The van der Waals surface area contributed by atoms with Crippen LogP contribution in [0.15, 0.2) is 12.1 Å². The molecule has 0 saturated carbocycles. The highest BCUT2D eigenvalue weighted by Crippen LogP contribution is 2.31. The normalized spacial score (nSPS) is 22.6. The zero-order valence-electron chi connectivity index (χ0n) is 10.8. The lowest BCUT2D eigenvalue weighted by atomic mass is 10.2. The second-order valence-corrected chi connectivity index (χ2v) is 4.50. The van der Waals surface area contributed by atoms with Crippen LogP contribution < -0.4 is 10.1 Å². The Morgan fingerprint density at radius 3 is 2.90 bits per heavy atom. The van der Waals surface area contributed by atoms with Gasteiger partial charge >= 0.3 is 5.69 Å². The fourth-order valence-electron chi connectivity index (χ4n) is 1.95. The molecule has 1 aromatic rings. The first kappa shape index (κ1) is 14.6. The number of benzene rings is 1. The van der Waals surface area contributed by atoms with Gasteiger partial charge in [0.1, 0.15) is 12.7 Å². The highest BCUT2D eigenvalue weighted by atomic mass is 19.2. The van der Waals surface area contributed by atoms with Crippen LogP contribution in [-0.2, 0) is 4.74 Å². The van der Waals surface area contributed by atoms with Crippen LogP contribution in [0, 0.1) is 21.7 Å². The van der Waals surface area contributed by atoms with Crippen molar-refractivity contribution >= 4 is 5.69 Å². The van der Waals surface area contributed by atoms with Crippen molar-refractivity contribution in [2.75, 3.05) is 19.7 Å². The summed E-state index contributed by atoms with van der Waals surface area (Å²) in [6, 6.07) is 1.57. The molecule has 1 aromatic carbocycles. The van der Waals surface area contributed by atoms with E-state index >= 15 is 0 Å². The van der Waals surface area contributed by atoms with Crippen molar-refractivity contribution in [3.63, 3.8) is 0 Å². The van der Waals surface area contributed by atoms with Crippen LogP contribution in [0.3, 0.4) is 0 Å². The monoisotopic (exact) mass is 288 g/mol. The van der Waals surface area contributed by atoms with E-state index in [-0.39, 0.29) is 18.8 Å². The number of nitro groups is 1.